The Morgan fingerprint density at radius 3 is 2.22 bits per heavy atom. The van der Waals surface area contributed by atoms with Gasteiger partial charge in [-0.2, -0.15) is 0 Å². The third-order valence-electron chi connectivity index (χ3n) is 2.23. The minimum Gasteiger partial charge on any atom is -0.207 e. The van der Waals surface area contributed by atoms with Crippen LogP contribution in [0, 0.1) is 17.5 Å². The molecule has 0 unspecified atom stereocenters. The van der Waals surface area contributed by atoms with Crippen LogP contribution in [0.15, 0.2) is 41.3 Å². The lowest BCUT2D eigenvalue weighted by Crippen LogP contribution is -1.86. The zero-order valence-corrected chi connectivity index (χ0v) is 10.7. The Bertz CT molecular complexity index is 552. The molecule has 0 saturated carbocycles. The highest BCUT2D eigenvalue weighted by atomic mass is 35.5. The van der Waals surface area contributed by atoms with E-state index in [-0.39, 0.29) is 5.02 Å². The Labute approximate surface area is 112 Å². The highest BCUT2D eigenvalue weighted by Gasteiger charge is 2.04. The minimum absolute atomic E-state index is 0.0561. The molecule has 5 heteroatoms. The molecule has 0 spiro atoms. The van der Waals surface area contributed by atoms with Crippen molar-refractivity contribution < 1.29 is 13.2 Å². The average Bonchev–Trinajstić information content (AvgIpc) is 2.29. The third-order valence-corrected chi connectivity index (χ3v) is 3.58. The molecular weight excluding hydrogens is 281 g/mol. The first-order chi connectivity index (χ1) is 8.54. The predicted molar refractivity (Wildman–Crippen MR) is 67.3 cm³/mol. The van der Waals surface area contributed by atoms with E-state index in [4.69, 9.17) is 11.6 Å². The average molecular weight is 289 g/mol. The first kappa shape index (κ1) is 13.3. The molecule has 0 aromatic heterocycles. The van der Waals surface area contributed by atoms with E-state index in [1.807, 2.05) is 0 Å². The Hall–Kier alpha value is -1.13. The quantitative estimate of drug-likeness (QED) is 0.712. The molecule has 0 aliphatic heterocycles. The van der Waals surface area contributed by atoms with Gasteiger partial charge in [0.1, 0.15) is 17.5 Å². The molecule has 0 amide bonds. The molecule has 2 aromatic carbocycles. The molecular formula is C13H8ClF3S. The molecule has 18 heavy (non-hydrogen) atoms. The summed E-state index contributed by atoms with van der Waals surface area (Å²) in [4.78, 5) is 0.461. The van der Waals surface area contributed by atoms with Crippen molar-refractivity contribution >= 4 is 23.4 Å². The van der Waals surface area contributed by atoms with Gasteiger partial charge in [-0.25, -0.2) is 13.2 Å². The standard InChI is InChI=1S/C13H8ClF3S/c14-12-2-1-8(3-13(12)17)7-18-11-5-9(15)4-10(16)6-11/h1-6H,7H2. The van der Waals surface area contributed by atoms with Gasteiger partial charge in [0, 0.05) is 16.7 Å². The topological polar surface area (TPSA) is 0 Å². The second kappa shape index (κ2) is 5.67. The zero-order chi connectivity index (χ0) is 13.1. The van der Waals surface area contributed by atoms with Crippen LogP contribution in [0.4, 0.5) is 13.2 Å². The van der Waals surface area contributed by atoms with Gasteiger partial charge in [-0.3, -0.25) is 0 Å². The smallest absolute Gasteiger partial charge is 0.142 e. The Morgan fingerprint density at radius 2 is 1.61 bits per heavy atom. The van der Waals surface area contributed by atoms with E-state index in [9.17, 15) is 13.2 Å². The van der Waals surface area contributed by atoms with Gasteiger partial charge in [-0.15, -0.1) is 11.8 Å². The van der Waals surface area contributed by atoms with Gasteiger partial charge in [0.2, 0.25) is 0 Å². The second-order valence-corrected chi connectivity index (χ2v) is 5.10. The SMILES string of the molecule is Fc1cc(F)cc(SCc2ccc(Cl)c(F)c2)c1. The summed E-state index contributed by atoms with van der Waals surface area (Å²) < 4.78 is 39.1. The number of thioether (sulfide) groups is 1. The maximum atomic E-state index is 13.2. The molecule has 0 fully saturated rings. The van der Waals surface area contributed by atoms with Gasteiger partial charge in [0.15, 0.2) is 0 Å². The predicted octanol–water partition coefficient (Wildman–Crippen LogP) is 5.05. The molecule has 0 nitrogen and oxygen atoms in total. The van der Waals surface area contributed by atoms with Crippen LogP contribution in [0.2, 0.25) is 5.02 Å². The molecule has 2 aromatic rings. The van der Waals surface area contributed by atoms with Crippen LogP contribution in [0.25, 0.3) is 0 Å². The number of benzene rings is 2. The van der Waals surface area contributed by atoms with Crippen LogP contribution in [0.1, 0.15) is 5.56 Å². The van der Waals surface area contributed by atoms with Crippen molar-refractivity contribution in [3.63, 3.8) is 0 Å². The van der Waals surface area contributed by atoms with Crippen molar-refractivity contribution in [1.29, 1.82) is 0 Å². The molecule has 0 aliphatic carbocycles. The fraction of sp³-hybridized carbons (Fsp3) is 0.0769. The first-order valence-corrected chi connectivity index (χ1v) is 6.44. The number of halogens is 4. The van der Waals surface area contributed by atoms with Crippen molar-refractivity contribution in [2.45, 2.75) is 10.6 Å². The van der Waals surface area contributed by atoms with Crippen LogP contribution in [0.3, 0.4) is 0 Å². The Morgan fingerprint density at radius 1 is 0.944 bits per heavy atom. The molecule has 0 radical (unpaired) electrons. The largest absolute Gasteiger partial charge is 0.207 e. The molecule has 0 aliphatic rings. The molecule has 2 rings (SSSR count). The van der Waals surface area contributed by atoms with Crippen molar-refractivity contribution in [3.05, 3.63) is 64.4 Å². The first-order valence-electron chi connectivity index (χ1n) is 5.07. The molecule has 0 N–H and O–H groups in total. The molecule has 94 valence electrons. The van der Waals surface area contributed by atoms with E-state index in [0.717, 1.165) is 6.07 Å². The van der Waals surface area contributed by atoms with Gasteiger partial charge in [-0.05, 0) is 29.8 Å². The number of hydrogen-bond acceptors (Lipinski definition) is 1. The summed E-state index contributed by atoms with van der Waals surface area (Å²) in [6.45, 7) is 0. The maximum Gasteiger partial charge on any atom is 0.142 e. The maximum absolute atomic E-state index is 13.2. The molecule has 0 atom stereocenters. The molecule has 0 bridgehead atoms. The van der Waals surface area contributed by atoms with Gasteiger partial charge >= 0.3 is 0 Å². The summed E-state index contributed by atoms with van der Waals surface area (Å²) in [5, 5.41) is 0.0561. The minimum atomic E-state index is -0.625. The van der Waals surface area contributed by atoms with Crippen molar-refractivity contribution in [1.82, 2.24) is 0 Å². The summed E-state index contributed by atoms with van der Waals surface area (Å²) in [7, 11) is 0. The van der Waals surface area contributed by atoms with Gasteiger partial charge in [-0.1, -0.05) is 17.7 Å². The van der Waals surface area contributed by atoms with Crippen LogP contribution < -0.4 is 0 Å². The summed E-state index contributed by atoms with van der Waals surface area (Å²) in [6, 6.07) is 7.73. The zero-order valence-electron chi connectivity index (χ0n) is 9.09. The lowest BCUT2D eigenvalue weighted by Gasteiger charge is -2.04. The monoisotopic (exact) mass is 288 g/mol. The van der Waals surface area contributed by atoms with E-state index in [1.54, 1.807) is 6.07 Å². The van der Waals surface area contributed by atoms with E-state index >= 15 is 0 Å². The van der Waals surface area contributed by atoms with Crippen molar-refractivity contribution in [3.8, 4) is 0 Å². The molecule has 0 saturated heterocycles. The second-order valence-electron chi connectivity index (χ2n) is 3.64. The Balaban J connectivity index is 2.08. The van der Waals surface area contributed by atoms with Crippen molar-refractivity contribution in [2.75, 3.05) is 0 Å². The lowest BCUT2D eigenvalue weighted by atomic mass is 10.2. The summed E-state index contributed by atoms with van der Waals surface area (Å²) >= 11 is 6.79. The fourth-order valence-corrected chi connectivity index (χ4v) is 2.43. The lowest BCUT2D eigenvalue weighted by molar-refractivity contribution is 0.577. The number of rotatable bonds is 3. The van der Waals surface area contributed by atoms with E-state index < -0.39 is 17.5 Å². The van der Waals surface area contributed by atoms with E-state index in [2.05, 4.69) is 0 Å². The fourth-order valence-electron chi connectivity index (χ4n) is 1.41. The van der Waals surface area contributed by atoms with Gasteiger partial charge in [0.25, 0.3) is 0 Å². The van der Waals surface area contributed by atoms with Crippen LogP contribution in [0.5, 0.6) is 0 Å². The Kier molecular flexibility index (Phi) is 4.19. The van der Waals surface area contributed by atoms with Crippen molar-refractivity contribution in [2.24, 2.45) is 0 Å². The normalized spacial score (nSPS) is 10.7. The van der Waals surface area contributed by atoms with Gasteiger partial charge in [0.05, 0.1) is 5.02 Å². The van der Waals surface area contributed by atoms with Crippen LogP contribution >= 0.6 is 23.4 Å². The summed E-state index contributed by atoms with van der Waals surface area (Å²) in [5.41, 5.74) is 0.701. The van der Waals surface area contributed by atoms with Crippen LogP contribution in [-0.4, -0.2) is 0 Å². The molecule has 0 heterocycles. The third kappa shape index (κ3) is 3.43. The highest BCUT2D eigenvalue weighted by molar-refractivity contribution is 7.98. The van der Waals surface area contributed by atoms with E-state index in [0.29, 0.717) is 16.2 Å². The highest BCUT2D eigenvalue weighted by Crippen LogP contribution is 2.26. The number of hydrogen-bond donors (Lipinski definition) is 0. The van der Waals surface area contributed by atoms with E-state index in [1.165, 1.54) is 36.0 Å². The van der Waals surface area contributed by atoms with Crippen LogP contribution in [-0.2, 0) is 5.75 Å². The van der Waals surface area contributed by atoms with Gasteiger partial charge < -0.3 is 0 Å². The summed E-state index contributed by atoms with van der Waals surface area (Å²) in [6.07, 6.45) is 0. The summed E-state index contributed by atoms with van der Waals surface area (Å²) in [5.74, 6) is -1.34.